The fraction of sp³-hybridized carbons (Fsp3) is 0.0769. The molecule has 6 rings (SSSR count). The number of hydrogen-bond acceptors (Lipinski definition) is 3. The lowest BCUT2D eigenvalue weighted by Gasteiger charge is -2.14. The third kappa shape index (κ3) is 3.63. The van der Waals surface area contributed by atoms with Crippen LogP contribution in [0.15, 0.2) is 88.2 Å². The highest BCUT2D eigenvalue weighted by molar-refractivity contribution is 9.10. The van der Waals surface area contributed by atoms with Gasteiger partial charge in [0.05, 0.1) is 30.6 Å². The van der Waals surface area contributed by atoms with E-state index in [0.29, 0.717) is 0 Å². The van der Waals surface area contributed by atoms with E-state index in [0.717, 1.165) is 59.0 Å². The third-order valence-corrected chi connectivity index (χ3v) is 7.10. The molecule has 0 spiro atoms. The van der Waals surface area contributed by atoms with E-state index in [-0.39, 0.29) is 5.92 Å². The lowest BCUT2D eigenvalue weighted by molar-refractivity contribution is 0.414. The van der Waals surface area contributed by atoms with E-state index in [4.69, 9.17) is 4.74 Å². The van der Waals surface area contributed by atoms with E-state index in [1.54, 1.807) is 11.8 Å². The molecule has 0 aliphatic carbocycles. The minimum Gasteiger partial charge on any atom is -0.497 e. The average molecular weight is 577 g/mol. The van der Waals surface area contributed by atoms with Crippen molar-refractivity contribution in [2.75, 3.05) is 7.11 Å². The summed E-state index contributed by atoms with van der Waals surface area (Å²) in [5, 5.41) is 11.4. The summed E-state index contributed by atoms with van der Waals surface area (Å²) in [7, 11) is 1.66. The highest BCUT2D eigenvalue weighted by Gasteiger charge is 2.26. The zero-order valence-corrected chi connectivity index (χ0v) is 21.3. The van der Waals surface area contributed by atoms with Gasteiger partial charge in [-0.2, -0.15) is 0 Å². The summed E-state index contributed by atoms with van der Waals surface area (Å²) in [5.41, 5.74) is 6.20. The first-order valence-electron chi connectivity index (χ1n) is 10.7. The minimum atomic E-state index is -0.127. The van der Waals surface area contributed by atoms with Gasteiger partial charge >= 0.3 is 0 Å². The highest BCUT2D eigenvalue weighted by Crippen LogP contribution is 2.40. The fourth-order valence-corrected chi connectivity index (χ4v) is 5.19. The van der Waals surface area contributed by atoms with Gasteiger partial charge in [-0.05, 0) is 71.8 Å². The quantitative estimate of drug-likeness (QED) is 0.233. The molecular formula is C26H19Br2N5O. The van der Waals surface area contributed by atoms with Gasteiger partial charge in [0, 0.05) is 43.1 Å². The minimum absolute atomic E-state index is 0.127. The Bertz CT molecular complexity index is 1550. The number of aromatic nitrogens is 5. The van der Waals surface area contributed by atoms with Crippen LogP contribution < -0.4 is 4.74 Å². The van der Waals surface area contributed by atoms with Crippen molar-refractivity contribution >= 4 is 53.7 Å². The van der Waals surface area contributed by atoms with Crippen LogP contribution in [0.25, 0.3) is 27.5 Å². The number of methoxy groups -OCH3 is 1. The van der Waals surface area contributed by atoms with Gasteiger partial charge in [-0.1, -0.05) is 37.1 Å². The number of ether oxygens (including phenoxy) is 1. The lowest BCUT2D eigenvalue weighted by atomic mass is 9.88. The standard InChI is InChI=1S/C26H19Br2N5O/c1-34-18-6-4-17(5-7-18)33-14-25(31-32-33)26(21-12-29-23-8-2-15(27)10-19(21)23)22-13-30-24-9-3-16(28)11-20(22)24/h2-14,26,29-30H,1H3. The Morgan fingerprint density at radius 3 is 1.97 bits per heavy atom. The molecule has 0 radical (unpaired) electrons. The maximum atomic E-state index is 5.29. The van der Waals surface area contributed by atoms with Crippen LogP contribution in [-0.2, 0) is 0 Å². The van der Waals surface area contributed by atoms with Gasteiger partial charge in [0.15, 0.2) is 0 Å². The van der Waals surface area contributed by atoms with Gasteiger partial charge in [-0.25, -0.2) is 4.68 Å². The Balaban J connectivity index is 1.55. The summed E-state index contributed by atoms with van der Waals surface area (Å²) in [6, 6.07) is 20.3. The van der Waals surface area contributed by atoms with Gasteiger partial charge in [0.25, 0.3) is 0 Å². The number of nitrogens with zero attached hydrogens (tertiary/aromatic N) is 3. The molecule has 0 atom stereocenters. The fourth-order valence-electron chi connectivity index (χ4n) is 4.46. The Morgan fingerprint density at radius 1 is 0.824 bits per heavy atom. The number of benzene rings is 3. The van der Waals surface area contributed by atoms with Crippen molar-refractivity contribution in [3.8, 4) is 11.4 Å². The molecule has 0 saturated carbocycles. The highest BCUT2D eigenvalue weighted by atomic mass is 79.9. The number of hydrogen-bond donors (Lipinski definition) is 2. The van der Waals surface area contributed by atoms with Crippen LogP contribution in [0, 0.1) is 0 Å². The molecule has 0 aliphatic heterocycles. The average Bonchev–Trinajstić information content (AvgIpc) is 3.59. The monoisotopic (exact) mass is 575 g/mol. The van der Waals surface area contributed by atoms with Crippen LogP contribution in [-0.4, -0.2) is 32.1 Å². The smallest absolute Gasteiger partial charge is 0.119 e. The normalized spacial score (nSPS) is 11.6. The molecule has 0 saturated heterocycles. The van der Waals surface area contributed by atoms with Crippen molar-refractivity contribution < 1.29 is 4.74 Å². The Labute approximate surface area is 212 Å². The Kier molecular flexibility index (Phi) is 5.27. The summed E-state index contributed by atoms with van der Waals surface area (Å²) in [6.07, 6.45) is 6.15. The van der Waals surface area contributed by atoms with Crippen molar-refractivity contribution in [3.05, 3.63) is 105 Å². The second-order valence-corrected chi connectivity index (χ2v) is 9.92. The molecule has 0 fully saturated rings. The number of nitrogens with one attached hydrogen (secondary N) is 2. The van der Waals surface area contributed by atoms with E-state index in [9.17, 15) is 0 Å². The zero-order chi connectivity index (χ0) is 23.2. The molecule has 0 unspecified atom stereocenters. The van der Waals surface area contributed by atoms with Crippen molar-refractivity contribution in [3.63, 3.8) is 0 Å². The van der Waals surface area contributed by atoms with Crippen LogP contribution in [0.3, 0.4) is 0 Å². The maximum Gasteiger partial charge on any atom is 0.119 e. The molecule has 3 heterocycles. The first kappa shape index (κ1) is 21.2. The van der Waals surface area contributed by atoms with Crippen LogP contribution >= 0.6 is 31.9 Å². The molecule has 34 heavy (non-hydrogen) atoms. The summed E-state index contributed by atoms with van der Waals surface area (Å²) in [6.45, 7) is 0. The lowest BCUT2D eigenvalue weighted by Crippen LogP contribution is -2.03. The molecule has 0 aliphatic rings. The SMILES string of the molecule is COc1ccc(-n2cc(C(c3c[nH]c4ccc(Br)cc34)c3c[nH]c4ccc(Br)cc34)nn2)cc1. The molecule has 6 aromatic rings. The van der Waals surface area contributed by atoms with Gasteiger partial charge < -0.3 is 14.7 Å². The predicted octanol–water partition coefficient (Wildman–Crippen LogP) is 6.94. The topological polar surface area (TPSA) is 71.5 Å². The van der Waals surface area contributed by atoms with Crippen LogP contribution in [0.2, 0.25) is 0 Å². The first-order chi connectivity index (χ1) is 16.6. The van der Waals surface area contributed by atoms with Crippen molar-refractivity contribution in [1.29, 1.82) is 0 Å². The van der Waals surface area contributed by atoms with Gasteiger partial charge in [0.2, 0.25) is 0 Å². The number of rotatable bonds is 5. The largest absolute Gasteiger partial charge is 0.497 e. The molecular weight excluding hydrogens is 558 g/mol. The molecule has 8 heteroatoms. The second-order valence-electron chi connectivity index (χ2n) is 8.09. The molecule has 168 valence electrons. The summed E-state index contributed by atoms with van der Waals surface area (Å²) >= 11 is 7.27. The number of H-pyrrole nitrogens is 2. The van der Waals surface area contributed by atoms with Gasteiger partial charge in [-0.15, -0.1) is 5.10 Å². The molecule has 3 aromatic heterocycles. The van der Waals surface area contributed by atoms with Crippen LogP contribution in [0.4, 0.5) is 0 Å². The third-order valence-electron chi connectivity index (χ3n) is 6.12. The molecule has 6 nitrogen and oxygen atoms in total. The van der Waals surface area contributed by atoms with Crippen molar-refractivity contribution in [2.24, 2.45) is 0 Å². The van der Waals surface area contributed by atoms with E-state index in [2.05, 4.69) is 88.8 Å². The van der Waals surface area contributed by atoms with Crippen LogP contribution in [0.1, 0.15) is 22.7 Å². The van der Waals surface area contributed by atoms with Crippen LogP contribution in [0.5, 0.6) is 5.75 Å². The van der Waals surface area contributed by atoms with Gasteiger partial charge in [-0.3, -0.25) is 0 Å². The second kappa shape index (κ2) is 8.45. The summed E-state index contributed by atoms with van der Waals surface area (Å²) in [5.74, 6) is 0.675. The zero-order valence-electron chi connectivity index (χ0n) is 18.1. The Morgan fingerprint density at radius 2 is 1.41 bits per heavy atom. The van der Waals surface area contributed by atoms with E-state index in [1.165, 1.54) is 0 Å². The van der Waals surface area contributed by atoms with Crippen molar-refractivity contribution in [1.82, 2.24) is 25.0 Å². The predicted molar refractivity (Wildman–Crippen MR) is 141 cm³/mol. The summed E-state index contributed by atoms with van der Waals surface area (Å²) < 4.78 is 9.15. The van der Waals surface area contributed by atoms with Gasteiger partial charge in [0.1, 0.15) is 5.75 Å². The van der Waals surface area contributed by atoms with E-state index in [1.807, 2.05) is 42.6 Å². The number of halogens is 2. The number of fused-ring (bicyclic) bond motifs is 2. The first-order valence-corrected chi connectivity index (χ1v) is 12.3. The maximum absolute atomic E-state index is 5.29. The van der Waals surface area contributed by atoms with E-state index < -0.39 is 0 Å². The Hall–Kier alpha value is -3.36. The molecule has 0 bridgehead atoms. The molecule has 2 N–H and O–H groups in total. The van der Waals surface area contributed by atoms with Crippen molar-refractivity contribution in [2.45, 2.75) is 5.92 Å². The number of aromatic amines is 2. The summed E-state index contributed by atoms with van der Waals surface area (Å²) in [4.78, 5) is 6.86. The molecule has 3 aromatic carbocycles. The molecule has 0 amide bonds. The van der Waals surface area contributed by atoms with E-state index >= 15 is 0 Å².